The lowest BCUT2D eigenvalue weighted by molar-refractivity contribution is -0.0902. The lowest BCUT2D eigenvalue weighted by Crippen LogP contribution is -2.52. The monoisotopic (exact) mass is 241 g/mol. The molecule has 0 aromatic rings. The molecule has 1 unspecified atom stereocenters. The molecule has 2 N–H and O–H groups in total. The van der Waals surface area contributed by atoms with Gasteiger partial charge in [-0.15, -0.1) is 0 Å². The number of hydrogen-bond donors (Lipinski definition) is 1. The second-order valence-electron chi connectivity index (χ2n) is 5.78. The lowest BCUT2D eigenvalue weighted by Gasteiger charge is -2.43. The van der Waals surface area contributed by atoms with E-state index < -0.39 is 0 Å². The van der Waals surface area contributed by atoms with Crippen LogP contribution in [0.15, 0.2) is 0 Å². The van der Waals surface area contributed by atoms with Crippen molar-refractivity contribution in [3.8, 4) is 0 Å². The molecule has 0 aromatic heterocycles. The van der Waals surface area contributed by atoms with Crippen LogP contribution in [-0.4, -0.2) is 18.2 Å². The summed E-state index contributed by atoms with van der Waals surface area (Å²) in [5.41, 5.74) is 6.43. The van der Waals surface area contributed by atoms with Gasteiger partial charge in [0.2, 0.25) is 0 Å². The fourth-order valence-corrected chi connectivity index (χ4v) is 3.04. The predicted molar refractivity (Wildman–Crippen MR) is 74.1 cm³/mol. The fraction of sp³-hybridized carbons (Fsp3) is 1.00. The first kappa shape index (κ1) is 15.0. The molecule has 17 heavy (non-hydrogen) atoms. The van der Waals surface area contributed by atoms with Gasteiger partial charge in [-0.1, -0.05) is 33.1 Å². The Balaban J connectivity index is 2.51. The molecule has 1 rings (SSSR count). The van der Waals surface area contributed by atoms with Crippen LogP contribution in [0.3, 0.4) is 0 Å². The van der Waals surface area contributed by atoms with Crippen molar-refractivity contribution in [3.05, 3.63) is 0 Å². The minimum absolute atomic E-state index is 0.00496. The van der Waals surface area contributed by atoms with Crippen LogP contribution < -0.4 is 5.73 Å². The average molecular weight is 241 g/mol. The second-order valence-corrected chi connectivity index (χ2v) is 5.78. The first-order valence-electron chi connectivity index (χ1n) is 7.54. The number of rotatable bonds is 7. The Morgan fingerprint density at radius 1 is 1.24 bits per heavy atom. The Bertz CT molecular complexity index is 197. The summed E-state index contributed by atoms with van der Waals surface area (Å²) in [5, 5.41) is 0. The average Bonchev–Trinajstić information content (AvgIpc) is 2.33. The minimum atomic E-state index is -0.00496. The van der Waals surface area contributed by atoms with Gasteiger partial charge < -0.3 is 10.5 Å². The molecule has 1 aliphatic rings. The zero-order chi connectivity index (χ0) is 12.7. The minimum Gasteiger partial charge on any atom is -0.374 e. The van der Waals surface area contributed by atoms with Gasteiger partial charge in [-0.2, -0.15) is 0 Å². The first-order valence-corrected chi connectivity index (χ1v) is 7.54. The maximum Gasteiger partial charge on any atom is 0.0832 e. The summed E-state index contributed by atoms with van der Waals surface area (Å²) in [6.45, 7) is 7.49. The quantitative estimate of drug-likeness (QED) is 0.687. The third-order valence-electron chi connectivity index (χ3n) is 4.35. The molecule has 1 atom stereocenters. The highest BCUT2D eigenvalue weighted by molar-refractivity contribution is 4.94. The summed E-state index contributed by atoms with van der Waals surface area (Å²) in [6.07, 6.45) is 9.83. The van der Waals surface area contributed by atoms with Gasteiger partial charge in [0.1, 0.15) is 0 Å². The Kier molecular flexibility index (Phi) is 6.50. The largest absolute Gasteiger partial charge is 0.374 e. The molecular weight excluding hydrogens is 210 g/mol. The van der Waals surface area contributed by atoms with Gasteiger partial charge in [0.15, 0.2) is 0 Å². The fourth-order valence-electron chi connectivity index (χ4n) is 3.04. The highest BCUT2D eigenvalue weighted by Gasteiger charge is 2.39. The predicted octanol–water partition coefficient (Wildman–Crippen LogP) is 3.88. The SMILES string of the molecule is CCCCCC(N)C1(OCC)CCC(C)CC1. The van der Waals surface area contributed by atoms with Gasteiger partial charge in [-0.25, -0.2) is 0 Å². The Labute approximate surface area is 107 Å². The van der Waals surface area contributed by atoms with E-state index in [1.807, 2.05) is 0 Å². The smallest absolute Gasteiger partial charge is 0.0832 e. The van der Waals surface area contributed by atoms with Crippen LogP contribution in [-0.2, 0) is 4.74 Å². The van der Waals surface area contributed by atoms with E-state index in [1.165, 1.54) is 32.1 Å². The van der Waals surface area contributed by atoms with Crippen molar-refractivity contribution in [3.63, 3.8) is 0 Å². The maximum atomic E-state index is 6.43. The molecule has 2 heteroatoms. The molecule has 0 amide bonds. The van der Waals surface area contributed by atoms with E-state index in [0.717, 1.165) is 31.8 Å². The molecule has 1 saturated carbocycles. The third kappa shape index (κ3) is 4.26. The van der Waals surface area contributed by atoms with Crippen LogP contribution in [0.1, 0.15) is 72.1 Å². The van der Waals surface area contributed by atoms with Crippen molar-refractivity contribution < 1.29 is 4.74 Å². The van der Waals surface area contributed by atoms with Gasteiger partial charge in [0.05, 0.1) is 5.60 Å². The summed E-state index contributed by atoms with van der Waals surface area (Å²) in [5.74, 6) is 0.853. The second kappa shape index (κ2) is 7.38. The molecule has 0 spiro atoms. The third-order valence-corrected chi connectivity index (χ3v) is 4.35. The Morgan fingerprint density at radius 2 is 1.88 bits per heavy atom. The van der Waals surface area contributed by atoms with Crippen molar-refractivity contribution in [2.24, 2.45) is 11.7 Å². The van der Waals surface area contributed by atoms with Crippen LogP contribution in [0.2, 0.25) is 0 Å². The van der Waals surface area contributed by atoms with Gasteiger partial charge in [0.25, 0.3) is 0 Å². The number of nitrogens with two attached hydrogens (primary N) is 1. The molecule has 0 bridgehead atoms. The molecule has 0 aromatic carbocycles. The summed E-state index contributed by atoms with van der Waals surface area (Å²) in [7, 11) is 0. The molecule has 1 fully saturated rings. The summed E-state index contributed by atoms with van der Waals surface area (Å²) in [4.78, 5) is 0. The molecule has 0 heterocycles. The number of unbranched alkanes of at least 4 members (excludes halogenated alkanes) is 2. The normalized spacial score (nSPS) is 31.4. The van der Waals surface area contributed by atoms with E-state index in [0.29, 0.717) is 0 Å². The maximum absolute atomic E-state index is 6.43. The van der Waals surface area contributed by atoms with Gasteiger partial charge >= 0.3 is 0 Å². The van der Waals surface area contributed by atoms with E-state index in [-0.39, 0.29) is 11.6 Å². The van der Waals surface area contributed by atoms with Gasteiger partial charge in [-0.3, -0.25) is 0 Å². The van der Waals surface area contributed by atoms with E-state index in [9.17, 15) is 0 Å². The van der Waals surface area contributed by atoms with E-state index in [4.69, 9.17) is 10.5 Å². The van der Waals surface area contributed by atoms with Gasteiger partial charge in [0, 0.05) is 12.6 Å². The molecular formula is C15H31NO. The molecule has 0 radical (unpaired) electrons. The van der Waals surface area contributed by atoms with Crippen LogP contribution >= 0.6 is 0 Å². The van der Waals surface area contributed by atoms with Crippen LogP contribution in [0.25, 0.3) is 0 Å². The Morgan fingerprint density at radius 3 is 2.41 bits per heavy atom. The van der Waals surface area contributed by atoms with Crippen LogP contribution in [0.4, 0.5) is 0 Å². The summed E-state index contributed by atoms with van der Waals surface area (Å²) >= 11 is 0. The Hall–Kier alpha value is -0.0800. The topological polar surface area (TPSA) is 35.2 Å². The van der Waals surface area contributed by atoms with E-state index >= 15 is 0 Å². The molecule has 102 valence electrons. The summed E-state index contributed by atoms with van der Waals surface area (Å²) in [6, 6.07) is 0.237. The van der Waals surface area contributed by atoms with Crippen molar-refractivity contribution in [1.82, 2.24) is 0 Å². The first-order chi connectivity index (χ1) is 8.14. The highest BCUT2D eigenvalue weighted by Crippen LogP contribution is 2.37. The number of ether oxygens (including phenoxy) is 1. The summed E-state index contributed by atoms with van der Waals surface area (Å²) < 4.78 is 6.09. The number of hydrogen-bond acceptors (Lipinski definition) is 2. The lowest BCUT2D eigenvalue weighted by atomic mass is 9.74. The van der Waals surface area contributed by atoms with Crippen molar-refractivity contribution in [1.29, 1.82) is 0 Å². The van der Waals surface area contributed by atoms with Crippen LogP contribution in [0.5, 0.6) is 0 Å². The zero-order valence-corrected chi connectivity index (χ0v) is 12.0. The van der Waals surface area contributed by atoms with Crippen molar-refractivity contribution in [2.75, 3.05) is 6.61 Å². The highest BCUT2D eigenvalue weighted by atomic mass is 16.5. The van der Waals surface area contributed by atoms with Crippen molar-refractivity contribution in [2.45, 2.75) is 83.8 Å². The molecule has 0 aliphatic heterocycles. The van der Waals surface area contributed by atoms with Crippen molar-refractivity contribution >= 4 is 0 Å². The molecule has 0 saturated heterocycles. The van der Waals surface area contributed by atoms with Gasteiger partial charge in [-0.05, 0) is 44.9 Å². The van der Waals surface area contributed by atoms with E-state index in [2.05, 4.69) is 20.8 Å². The molecule has 2 nitrogen and oxygen atoms in total. The zero-order valence-electron chi connectivity index (χ0n) is 12.0. The standard InChI is InChI=1S/C15H31NO/c1-4-6-7-8-14(16)15(17-5-2)11-9-13(3)10-12-15/h13-14H,4-12,16H2,1-3H3. The van der Waals surface area contributed by atoms with Crippen LogP contribution in [0, 0.1) is 5.92 Å². The van der Waals surface area contributed by atoms with E-state index in [1.54, 1.807) is 0 Å². The molecule has 1 aliphatic carbocycles.